The van der Waals surface area contributed by atoms with Crippen molar-refractivity contribution in [2.24, 2.45) is 0 Å². The Bertz CT molecular complexity index is 1300. The first kappa shape index (κ1) is 21.8. The fourth-order valence-corrected chi connectivity index (χ4v) is 4.50. The normalized spacial score (nSPS) is 12.0. The first-order valence-corrected chi connectivity index (χ1v) is 11.7. The van der Waals surface area contributed by atoms with Gasteiger partial charge in [-0.2, -0.15) is 9.50 Å². The number of fused-ring (bicyclic) bond motifs is 1. The first-order valence-electron chi connectivity index (χ1n) is 10.1. The van der Waals surface area contributed by atoms with Gasteiger partial charge in [-0.05, 0) is 54.5 Å². The first-order chi connectivity index (χ1) is 15.0. The molecule has 2 heterocycles. The largest absolute Gasteiger partial charge is 0.494 e. The quantitative estimate of drug-likeness (QED) is 0.311. The molecule has 4 rings (SSSR count). The van der Waals surface area contributed by atoms with Crippen LogP contribution in [0.5, 0.6) is 5.75 Å². The highest BCUT2D eigenvalue weighted by Crippen LogP contribution is 2.22. The second kappa shape index (κ2) is 9.81. The van der Waals surface area contributed by atoms with Crippen LogP contribution in [0.3, 0.4) is 0 Å². The van der Waals surface area contributed by atoms with E-state index in [0.717, 1.165) is 23.3 Å². The van der Waals surface area contributed by atoms with E-state index in [9.17, 15) is 4.79 Å². The third kappa shape index (κ3) is 5.09. The third-order valence-electron chi connectivity index (χ3n) is 4.81. The zero-order chi connectivity index (χ0) is 21.8. The number of rotatable bonds is 8. The van der Waals surface area contributed by atoms with Gasteiger partial charge in [0.15, 0.2) is 5.82 Å². The average Bonchev–Trinajstić information content (AvgIpc) is 3.30. The maximum absolute atomic E-state index is 12.8. The number of benzene rings is 2. The summed E-state index contributed by atoms with van der Waals surface area (Å²) >= 11 is 13.4. The molecule has 2 aromatic carbocycles. The average molecular weight is 474 g/mol. The molecule has 0 bridgehead atoms. The summed E-state index contributed by atoms with van der Waals surface area (Å²) in [6.07, 6.45) is 6.42. The summed E-state index contributed by atoms with van der Waals surface area (Å²) in [5, 5.41) is 5.43. The minimum Gasteiger partial charge on any atom is -0.494 e. The Hall–Kier alpha value is -2.41. The minimum atomic E-state index is -0.225. The van der Waals surface area contributed by atoms with Crippen molar-refractivity contribution in [3.63, 3.8) is 0 Å². The topological polar surface area (TPSA) is 56.5 Å². The molecule has 0 spiro atoms. The molecular formula is C23H21Cl2N3O2S. The van der Waals surface area contributed by atoms with Crippen LogP contribution in [0.1, 0.15) is 38.2 Å². The van der Waals surface area contributed by atoms with Crippen LogP contribution in [0.2, 0.25) is 10.0 Å². The predicted molar refractivity (Wildman–Crippen MR) is 127 cm³/mol. The fraction of sp³-hybridized carbons (Fsp3) is 0.261. The SMILES string of the molecule is CCCCCCOc1ccc(-c2nc3sc(=Cc4ccc(Cl)cc4Cl)c(=O)n3n2)cc1. The maximum Gasteiger partial charge on any atom is 0.291 e. The van der Waals surface area contributed by atoms with Crippen LogP contribution >= 0.6 is 34.5 Å². The summed E-state index contributed by atoms with van der Waals surface area (Å²) in [4.78, 5) is 17.8. The molecule has 0 aliphatic carbocycles. The molecule has 0 N–H and O–H groups in total. The van der Waals surface area contributed by atoms with E-state index in [-0.39, 0.29) is 5.56 Å². The van der Waals surface area contributed by atoms with Gasteiger partial charge in [0.2, 0.25) is 4.96 Å². The highest BCUT2D eigenvalue weighted by molar-refractivity contribution is 7.15. The Balaban J connectivity index is 1.53. The van der Waals surface area contributed by atoms with Crippen molar-refractivity contribution < 1.29 is 4.74 Å². The van der Waals surface area contributed by atoms with E-state index in [2.05, 4.69) is 17.0 Å². The molecule has 4 aromatic rings. The Kier molecular flexibility index (Phi) is 6.90. The van der Waals surface area contributed by atoms with Crippen LogP contribution < -0.4 is 14.8 Å². The van der Waals surface area contributed by atoms with Gasteiger partial charge in [-0.3, -0.25) is 4.79 Å². The Morgan fingerprint density at radius 1 is 1.10 bits per heavy atom. The van der Waals surface area contributed by atoms with Gasteiger partial charge in [-0.25, -0.2) is 0 Å². The smallest absolute Gasteiger partial charge is 0.291 e. The van der Waals surface area contributed by atoms with Gasteiger partial charge in [-0.15, -0.1) is 5.10 Å². The summed E-state index contributed by atoms with van der Waals surface area (Å²) in [6.45, 7) is 2.91. The maximum atomic E-state index is 12.8. The van der Waals surface area contributed by atoms with E-state index >= 15 is 0 Å². The molecule has 0 radical (unpaired) electrons. The van der Waals surface area contributed by atoms with E-state index < -0.39 is 0 Å². The second-order valence-electron chi connectivity index (χ2n) is 7.14. The van der Waals surface area contributed by atoms with Crippen molar-refractivity contribution in [1.29, 1.82) is 0 Å². The van der Waals surface area contributed by atoms with Crippen molar-refractivity contribution in [3.05, 3.63) is 73.0 Å². The lowest BCUT2D eigenvalue weighted by atomic mass is 10.2. The number of unbranched alkanes of at least 4 members (excludes halogenated alkanes) is 3. The molecule has 0 saturated carbocycles. The molecule has 8 heteroatoms. The van der Waals surface area contributed by atoms with Gasteiger partial charge in [0.05, 0.1) is 11.1 Å². The van der Waals surface area contributed by atoms with Gasteiger partial charge in [-0.1, -0.05) is 66.8 Å². The number of nitrogens with zero attached hydrogens (tertiary/aromatic N) is 3. The standard InChI is InChI=1S/C23H21Cl2N3O2S/c1-2-3-4-5-12-30-18-10-7-15(8-11-18)21-26-23-28(27-21)22(29)20(31-23)13-16-6-9-17(24)14-19(16)25/h6-11,13-14H,2-5,12H2,1H3. The molecule has 0 unspecified atom stereocenters. The molecule has 0 atom stereocenters. The molecular weight excluding hydrogens is 453 g/mol. The molecule has 5 nitrogen and oxygen atoms in total. The number of ether oxygens (including phenoxy) is 1. The fourth-order valence-electron chi connectivity index (χ4n) is 3.13. The lowest BCUT2D eigenvalue weighted by Gasteiger charge is -2.06. The number of thiazole rings is 1. The summed E-state index contributed by atoms with van der Waals surface area (Å²) in [6, 6.07) is 12.8. The van der Waals surface area contributed by atoms with Crippen molar-refractivity contribution in [2.45, 2.75) is 32.6 Å². The van der Waals surface area contributed by atoms with E-state index in [1.165, 1.54) is 35.1 Å². The zero-order valence-electron chi connectivity index (χ0n) is 17.0. The number of hydrogen-bond donors (Lipinski definition) is 0. The summed E-state index contributed by atoms with van der Waals surface area (Å²) < 4.78 is 7.62. The van der Waals surface area contributed by atoms with Gasteiger partial charge in [0.1, 0.15) is 5.75 Å². The summed E-state index contributed by atoms with van der Waals surface area (Å²) in [7, 11) is 0. The Morgan fingerprint density at radius 2 is 1.90 bits per heavy atom. The van der Waals surface area contributed by atoms with Crippen LogP contribution in [0, 0.1) is 0 Å². The Labute approximate surface area is 193 Å². The van der Waals surface area contributed by atoms with Gasteiger partial charge < -0.3 is 4.74 Å². The van der Waals surface area contributed by atoms with Crippen LogP contribution in [0.4, 0.5) is 0 Å². The number of hydrogen-bond acceptors (Lipinski definition) is 5. The second-order valence-corrected chi connectivity index (χ2v) is 9.00. The number of aromatic nitrogens is 3. The van der Waals surface area contributed by atoms with Gasteiger partial charge >= 0.3 is 0 Å². The van der Waals surface area contributed by atoms with Crippen molar-refractivity contribution in [1.82, 2.24) is 14.6 Å². The molecule has 0 amide bonds. The molecule has 0 fully saturated rings. The predicted octanol–water partition coefficient (Wildman–Crippen LogP) is 5.63. The molecule has 31 heavy (non-hydrogen) atoms. The highest BCUT2D eigenvalue weighted by atomic mass is 35.5. The number of halogens is 2. The molecule has 160 valence electrons. The monoisotopic (exact) mass is 473 g/mol. The molecule has 0 aliphatic rings. The Morgan fingerprint density at radius 3 is 2.61 bits per heavy atom. The summed E-state index contributed by atoms with van der Waals surface area (Å²) in [5.74, 6) is 1.33. The molecule has 0 aliphatic heterocycles. The van der Waals surface area contributed by atoms with E-state index in [1.54, 1.807) is 24.3 Å². The molecule has 0 saturated heterocycles. The van der Waals surface area contributed by atoms with Crippen molar-refractivity contribution >= 4 is 45.6 Å². The van der Waals surface area contributed by atoms with Gasteiger partial charge in [0, 0.05) is 15.6 Å². The molecule has 2 aromatic heterocycles. The van der Waals surface area contributed by atoms with Crippen LogP contribution in [-0.4, -0.2) is 21.2 Å². The van der Waals surface area contributed by atoms with Crippen LogP contribution in [-0.2, 0) is 0 Å². The summed E-state index contributed by atoms with van der Waals surface area (Å²) in [5.41, 5.74) is 1.33. The minimum absolute atomic E-state index is 0.225. The van der Waals surface area contributed by atoms with E-state index in [1.807, 2.05) is 24.3 Å². The van der Waals surface area contributed by atoms with E-state index in [4.69, 9.17) is 27.9 Å². The van der Waals surface area contributed by atoms with E-state index in [0.29, 0.717) is 32.0 Å². The third-order valence-corrected chi connectivity index (χ3v) is 6.33. The van der Waals surface area contributed by atoms with Crippen molar-refractivity contribution in [2.75, 3.05) is 6.61 Å². The highest BCUT2D eigenvalue weighted by Gasteiger charge is 2.12. The van der Waals surface area contributed by atoms with Crippen LogP contribution in [0.15, 0.2) is 47.3 Å². The van der Waals surface area contributed by atoms with Crippen molar-refractivity contribution in [3.8, 4) is 17.1 Å². The lowest BCUT2D eigenvalue weighted by Crippen LogP contribution is -2.23. The van der Waals surface area contributed by atoms with Gasteiger partial charge in [0.25, 0.3) is 5.56 Å². The lowest BCUT2D eigenvalue weighted by molar-refractivity contribution is 0.305. The zero-order valence-corrected chi connectivity index (χ0v) is 19.3. The van der Waals surface area contributed by atoms with Crippen LogP contribution in [0.25, 0.3) is 22.4 Å².